The second-order valence-corrected chi connectivity index (χ2v) is 23.6. The van der Waals surface area contributed by atoms with E-state index in [1.807, 2.05) is 50.2 Å². The van der Waals surface area contributed by atoms with Crippen molar-refractivity contribution in [3.8, 4) is 44.6 Å². The summed E-state index contributed by atoms with van der Waals surface area (Å²) >= 11 is 1.41. The predicted octanol–water partition coefficient (Wildman–Crippen LogP) is 7.49. The maximum Gasteiger partial charge on any atom is 0.319 e. The predicted molar refractivity (Wildman–Crippen MR) is 312 cm³/mol. The van der Waals surface area contributed by atoms with Crippen molar-refractivity contribution in [2.75, 3.05) is 44.4 Å². The normalized spacial score (nSPS) is 20.6. The number of hydrogen-bond donors (Lipinski definition) is 6. The van der Waals surface area contributed by atoms with Crippen LogP contribution >= 0.6 is 23.7 Å². The fraction of sp³-hybridized carbons (Fsp3) is 0.433. The summed E-state index contributed by atoms with van der Waals surface area (Å²) in [6.45, 7) is 7.91. The van der Waals surface area contributed by atoms with Crippen molar-refractivity contribution in [1.82, 2.24) is 55.7 Å². The topological polar surface area (TPSA) is 251 Å². The average molecular weight is 1170 g/mol. The van der Waals surface area contributed by atoms with Crippen LogP contribution in [0.2, 0.25) is 0 Å². The third kappa shape index (κ3) is 10.9. The maximum absolute atomic E-state index is 16.2. The lowest BCUT2D eigenvalue weighted by Gasteiger charge is -2.31. The first-order chi connectivity index (χ1) is 39.9. The molecule has 0 unspecified atom stereocenters. The maximum atomic E-state index is 16.2. The van der Waals surface area contributed by atoms with E-state index in [4.69, 9.17) is 24.2 Å². The van der Waals surface area contributed by atoms with Crippen LogP contribution in [0.5, 0.6) is 11.8 Å². The molecule has 2 amide bonds. The molecule has 13 rings (SSSR count). The van der Waals surface area contributed by atoms with Gasteiger partial charge in [-0.05, 0) is 78.0 Å². The number of aliphatic hydroxyl groups is 3. The van der Waals surface area contributed by atoms with E-state index in [1.54, 1.807) is 37.0 Å². The van der Waals surface area contributed by atoms with Gasteiger partial charge in [0, 0.05) is 78.4 Å². The zero-order valence-corrected chi connectivity index (χ0v) is 47.8. The third-order valence-corrected chi connectivity index (χ3v) is 17.9. The highest BCUT2D eigenvalue weighted by atomic mass is 35.5. The van der Waals surface area contributed by atoms with Gasteiger partial charge in [-0.2, -0.15) is 15.1 Å². The molecule has 4 aromatic heterocycles. The number of β-amino-alcohol motifs (C(OH)–C–C–N with tert-alkyl or cyclic N) is 1. The molecule has 0 spiro atoms. The van der Waals surface area contributed by atoms with Crippen LogP contribution in [0.3, 0.4) is 0 Å². The van der Waals surface area contributed by atoms with E-state index < -0.39 is 42.7 Å². The molecule has 8 aromatic rings. The lowest BCUT2D eigenvalue weighted by molar-refractivity contribution is -0.142. The Labute approximate surface area is 488 Å². The summed E-state index contributed by atoms with van der Waals surface area (Å²) in [5.41, 5.74) is 10.0. The van der Waals surface area contributed by atoms with Crippen molar-refractivity contribution in [3.63, 3.8) is 0 Å². The van der Waals surface area contributed by atoms with Gasteiger partial charge in [0.1, 0.15) is 47.6 Å². The van der Waals surface area contributed by atoms with Crippen LogP contribution in [0.15, 0.2) is 78.6 Å². The van der Waals surface area contributed by atoms with E-state index in [2.05, 4.69) is 47.1 Å². The number of ether oxygens (including phenoxy) is 3. The standard InChI is InChI=1S/C60H65FN12O8S.ClH/c1-31(2)54(59(78)72-25-40(76)19-50(72)58(77)65-48(27-74)36-10-12-37(13-11-36)56-49(28-75)63-30-82-56)73-26-47(69-70-73)35-6-4-33(5-7-35)29-80-55-52(51-32(3)45(61)21-46-44(51)23-64-68-46)42(34-8-9-34)20-43-53(55)66-60(81-41-14-16-79-17-15-41)67-57(43)71-24-38-18-39(71)22-62-38;/h4-7,10-13,20-21,23,26,30-31,34,38-41,48,50,54,62,74-76H,8-9,14-19,22,24-25,27-29H2,1-3H3,(H,64,68)(H,65,77);1H/t38-,39-,40+,48-,50-,54-;/m0./s1. The van der Waals surface area contributed by atoms with Crippen LogP contribution in [0.4, 0.5) is 10.2 Å². The van der Waals surface area contributed by atoms with Crippen LogP contribution in [-0.4, -0.2) is 142 Å². The fourth-order valence-electron chi connectivity index (χ4n) is 12.5. The molecule has 5 fully saturated rings. The van der Waals surface area contributed by atoms with E-state index in [0.29, 0.717) is 77.0 Å². The number of anilines is 1. The van der Waals surface area contributed by atoms with Gasteiger partial charge in [0.15, 0.2) is 5.75 Å². The zero-order chi connectivity index (χ0) is 56.3. The number of fused-ring (bicyclic) bond motifs is 4. The van der Waals surface area contributed by atoms with Gasteiger partial charge in [-0.1, -0.05) is 67.6 Å². The summed E-state index contributed by atoms with van der Waals surface area (Å²) in [6, 6.07) is 17.0. The average Bonchev–Trinajstić information content (AvgIpc) is 4.41. The summed E-state index contributed by atoms with van der Waals surface area (Å²) < 4.78 is 37.1. The molecule has 8 heterocycles. The number of halogens is 2. The minimum Gasteiger partial charge on any atom is -0.486 e. The van der Waals surface area contributed by atoms with Crippen molar-refractivity contribution in [3.05, 3.63) is 112 Å². The Morgan fingerprint density at radius 1 is 0.964 bits per heavy atom. The van der Waals surface area contributed by atoms with E-state index >= 15 is 4.39 Å². The minimum atomic E-state index is -1.01. The third-order valence-electron chi connectivity index (χ3n) is 17.0. The molecule has 1 saturated carbocycles. The first-order valence-electron chi connectivity index (χ1n) is 28.3. The fourth-order valence-corrected chi connectivity index (χ4v) is 13.3. The molecular formula is C60H66ClFN12O8S. The summed E-state index contributed by atoms with van der Waals surface area (Å²) in [7, 11) is 0. The number of aromatic amines is 1. The van der Waals surface area contributed by atoms with Crippen molar-refractivity contribution in [1.29, 1.82) is 0 Å². The Balaban J connectivity index is 0.00000680. The van der Waals surface area contributed by atoms with Gasteiger partial charge in [0.25, 0.3) is 0 Å². The number of nitrogens with one attached hydrogen (secondary N) is 3. The molecular weight excluding hydrogens is 1100 g/mol. The molecule has 0 radical (unpaired) electrons. The second kappa shape index (κ2) is 23.5. The molecule has 4 aliphatic heterocycles. The summed E-state index contributed by atoms with van der Waals surface area (Å²) in [4.78, 5) is 47.9. The van der Waals surface area contributed by atoms with Crippen molar-refractivity contribution >= 4 is 63.2 Å². The molecule has 1 aliphatic carbocycles. The van der Waals surface area contributed by atoms with E-state index in [-0.39, 0.29) is 74.4 Å². The molecule has 20 nitrogen and oxygen atoms in total. The molecule has 4 aromatic carbocycles. The number of amides is 2. The highest BCUT2D eigenvalue weighted by Gasteiger charge is 2.44. The molecule has 6 N–H and O–H groups in total. The van der Waals surface area contributed by atoms with E-state index in [9.17, 15) is 24.9 Å². The number of thiazole rings is 1. The van der Waals surface area contributed by atoms with Crippen LogP contribution in [0, 0.1) is 18.7 Å². The molecule has 4 saturated heterocycles. The Morgan fingerprint density at radius 3 is 2.46 bits per heavy atom. The van der Waals surface area contributed by atoms with Gasteiger partial charge in [0.2, 0.25) is 11.8 Å². The second-order valence-electron chi connectivity index (χ2n) is 22.7. The lowest BCUT2D eigenvalue weighted by atomic mass is 9.88. The Morgan fingerprint density at radius 2 is 1.75 bits per heavy atom. The van der Waals surface area contributed by atoms with Crippen LogP contribution in [-0.2, 0) is 27.5 Å². The Hall–Kier alpha value is -7.18. The molecule has 434 valence electrons. The highest BCUT2D eigenvalue weighted by molar-refractivity contribution is 7.13. The van der Waals surface area contributed by atoms with Crippen molar-refractivity contribution in [2.24, 2.45) is 5.92 Å². The van der Waals surface area contributed by atoms with Gasteiger partial charge in [-0.3, -0.25) is 14.7 Å². The van der Waals surface area contributed by atoms with Crippen LogP contribution < -0.4 is 25.0 Å². The SMILES string of the molecule is Cc1c(F)cc2[nH]ncc2c1-c1c(C2CC2)cc2c(N3C[C@@H]4C[C@H]3CN4)nc(OC3CCOCC3)nc2c1OCc1ccc(-c2cn([C@H](C(=O)N3C[C@H](O)C[C@H]3C(=O)N[C@@H](CO)c3ccc(-c4scnc4CO)cc3)C(C)C)nn2)cc1.Cl. The number of H-pyrrole nitrogens is 1. The van der Waals surface area contributed by atoms with Crippen molar-refractivity contribution < 1.29 is 43.5 Å². The van der Waals surface area contributed by atoms with Crippen LogP contribution in [0.25, 0.3) is 54.6 Å². The number of piperazine rings is 1. The number of aromatic nitrogens is 8. The van der Waals surface area contributed by atoms with E-state index in [0.717, 1.165) is 81.6 Å². The number of benzene rings is 4. The molecule has 5 aliphatic rings. The monoisotopic (exact) mass is 1170 g/mol. The molecule has 6 atom stereocenters. The Kier molecular flexibility index (Phi) is 15.9. The molecule has 23 heteroatoms. The van der Waals surface area contributed by atoms with Crippen LogP contribution in [0.1, 0.15) is 98.3 Å². The first kappa shape index (κ1) is 56.3. The number of aliphatic hydroxyl groups excluding tert-OH is 3. The summed E-state index contributed by atoms with van der Waals surface area (Å²) in [5.74, 6) is 0.00140. The van der Waals surface area contributed by atoms with Gasteiger partial charge in [-0.25, -0.2) is 14.1 Å². The lowest BCUT2D eigenvalue weighted by Crippen LogP contribution is -2.50. The van der Waals surface area contributed by atoms with Crippen molar-refractivity contribution in [2.45, 2.75) is 121 Å². The molecule has 83 heavy (non-hydrogen) atoms. The number of carbonyl (C=O) groups excluding carboxylic acids is 2. The number of hydrogen-bond acceptors (Lipinski definition) is 17. The summed E-state index contributed by atoms with van der Waals surface area (Å²) in [5, 5.41) is 55.6. The smallest absolute Gasteiger partial charge is 0.319 e. The number of likely N-dealkylation sites (tertiary alicyclic amines) is 1. The quantitative estimate of drug-likeness (QED) is 0.0487. The van der Waals surface area contributed by atoms with Gasteiger partial charge < -0.3 is 50.0 Å². The zero-order valence-electron chi connectivity index (χ0n) is 46.2. The van der Waals surface area contributed by atoms with Gasteiger partial charge in [-0.15, -0.1) is 28.8 Å². The highest BCUT2D eigenvalue weighted by Crippen LogP contribution is 2.54. The molecule has 2 bridgehead atoms. The van der Waals surface area contributed by atoms with Gasteiger partial charge in [0.05, 0.1) is 72.6 Å². The van der Waals surface area contributed by atoms with Gasteiger partial charge >= 0.3 is 6.01 Å². The Bertz CT molecular complexity index is 3680. The largest absolute Gasteiger partial charge is 0.486 e. The van der Waals surface area contributed by atoms with E-state index in [1.165, 1.54) is 27.0 Å². The first-order valence-corrected chi connectivity index (χ1v) is 29.2. The minimum absolute atomic E-state index is 0. The number of carbonyl (C=O) groups is 2. The number of nitrogens with zero attached hydrogens (tertiary/aromatic N) is 9. The number of rotatable bonds is 18. The summed E-state index contributed by atoms with van der Waals surface area (Å²) in [6.07, 6.45) is 6.83.